The van der Waals surface area contributed by atoms with Crippen molar-refractivity contribution >= 4 is 11.6 Å². The number of methoxy groups -OCH3 is 1. The molecule has 6 heteroatoms. The van der Waals surface area contributed by atoms with E-state index in [1.807, 2.05) is 0 Å². The van der Waals surface area contributed by atoms with Crippen molar-refractivity contribution in [3.05, 3.63) is 28.8 Å². The molecule has 0 aromatic heterocycles. The zero-order chi connectivity index (χ0) is 11.6. The SMILES string of the molecule is COc1ccc([C@@H](N)C(F)(F)F)cc1Cl. The van der Waals surface area contributed by atoms with E-state index in [9.17, 15) is 13.2 Å². The summed E-state index contributed by atoms with van der Waals surface area (Å²) in [6, 6.07) is 1.71. The minimum absolute atomic E-state index is 0.0895. The van der Waals surface area contributed by atoms with Crippen LogP contribution in [0.25, 0.3) is 0 Å². The molecule has 0 aliphatic rings. The zero-order valence-electron chi connectivity index (χ0n) is 7.81. The Balaban J connectivity index is 3.02. The van der Waals surface area contributed by atoms with Gasteiger partial charge in [0.2, 0.25) is 0 Å². The molecule has 1 rings (SSSR count). The van der Waals surface area contributed by atoms with Gasteiger partial charge in [0.1, 0.15) is 11.8 Å². The summed E-state index contributed by atoms with van der Waals surface area (Å²) < 4.78 is 41.6. The summed E-state index contributed by atoms with van der Waals surface area (Å²) in [4.78, 5) is 0. The van der Waals surface area contributed by atoms with E-state index in [0.717, 1.165) is 6.07 Å². The van der Waals surface area contributed by atoms with Crippen LogP contribution in [0.1, 0.15) is 11.6 Å². The fourth-order valence-electron chi connectivity index (χ4n) is 1.07. The van der Waals surface area contributed by atoms with Gasteiger partial charge in [-0.1, -0.05) is 17.7 Å². The molecule has 0 unspecified atom stereocenters. The van der Waals surface area contributed by atoms with Gasteiger partial charge in [0.05, 0.1) is 12.1 Å². The molecule has 15 heavy (non-hydrogen) atoms. The summed E-state index contributed by atoms with van der Waals surface area (Å²) in [5, 5.41) is 0.106. The Hall–Kier alpha value is -0.940. The zero-order valence-corrected chi connectivity index (χ0v) is 8.56. The quantitative estimate of drug-likeness (QED) is 0.861. The molecule has 0 saturated carbocycles. The van der Waals surface area contributed by atoms with Crippen LogP contribution in [0.4, 0.5) is 13.2 Å². The second-order valence-electron chi connectivity index (χ2n) is 2.91. The first kappa shape index (κ1) is 12.1. The van der Waals surface area contributed by atoms with E-state index in [-0.39, 0.29) is 10.6 Å². The lowest BCUT2D eigenvalue weighted by Gasteiger charge is -2.16. The number of hydrogen-bond donors (Lipinski definition) is 1. The largest absolute Gasteiger partial charge is 0.495 e. The third-order valence-electron chi connectivity index (χ3n) is 1.89. The molecule has 0 amide bonds. The summed E-state index contributed by atoms with van der Waals surface area (Å²) in [6.45, 7) is 0. The number of alkyl halides is 3. The lowest BCUT2D eigenvalue weighted by molar-refractivity contribution is -0.149. The number of ether oxygens (including phenoxy) is 1. The van der Waals surface area contributed by atoms with E-state index in [2.05, 4.69) is 0 Å². The third-order valence-corrected chi connectivity index (χ3v) is 2.18. The molecule has 2 N–H and O–H groups in total. The average molecular weight is 240 g/mol. The van der Waals surface area contributed by atoms with Gasteiger partial charge in [-0.2, -0.15) is 13.2 Å². The maximum atomic E-state index is 12.2. The van der Waals surface area contributed by atoms with Crippen LogP contribution in [0.15, 0.2) is 18.2 Å². The Morgan fingerprint density at radius 1 is 1.40 bits per heavy atom. The van der Waals surface area contributed by atoms with Gasteiger partial charge >= 0.3 is 6.18 Å². The molecule has 0 fully saturated rings. The number of nitrogens with two attached hydrogens (primary N) is 1. The van der Waals surface area contributed by atoms with Crippen LogP contribution < -0.4 is 10.5 Å². The average Bonchev–Trinajstić information content (AvgIpc) is 2.15. The van der Waals surface area contributed by atoms with Crippen molar-refractivity contribution < 1.29 is 17.9 Å². The Bertz CT molecular complexity index is 354. The van der Waals surface area contributed by atoms with E-state index < -0.39 is 12.2 Å². The van der Waals surface area contributed by atoms with E-state index in [1.54, 1.807) is 0 Å². The van der Waals surface area contributed by atoms with E-state index in [4.69, 9.17) is 22.1 Å². The molecule has 1 aromatic carbocycles. The van der Waals surface area contributed by atoms with Gasteiger partial charge in [-0.15, -0.1) is 0 Å². The molecule has 1 atom stereocenters. The molecule has 2 nitrogen and oxygen atoms in total. The Kier molecular flexibility index (Phi) is 3.46. The monoisotopic (exact) mass is 239 g/mol. The molecule has 84 valence electrons. The highest BCUT2D eigenvalue weighted by molar-refractivity contribution is 6.32. The van der Waals surface area contributed by atoms with Crippen molar-refractivity contribution in [1.82, 2.24) is 0 Å². The van der Waals surface area contributed by atoms with Gasteiger partial charge in [0.15, 0.2) is 0 Å². The fourth-order valence-corrected chi connectivity index (χ4v) is 1.33. The van der Waals surface area contributed by atoms with E-state index >= 15 is 0 Å². The standard InChI is InChI=1S/C9H9ClF3NO/c1-15-7-3-2-5(4-6(7)10)8(14)9(11,12)13/h2-4,8H,14H2,1H3/t8-/m1/s1. The smallest absolute Gasteiger partial charge is 0.407 e. The summed E-state index contributed by atoms with van der Waals surface area (Å²) >= 11 is 5.68. The van der Waals surface area contributed by atoms with Gasteiger partial charge in [-0.05, 0) is 17.7 Å². The van der Waals surface area contributed by atoms with Gasteiger partial charge < -0.3 is 10.5 Å². The van der Waals surface area contributed by atoms with Gasteiger partial charge in [0, 0.05) is 0 Å². The Morgan fingerprint density at radius 2 is 2.00 bits per heavy atom. The second kappa shape index (κ2) is 4.28. The van der Waals surface area contributed by atoms with Crippen LogP contribution in [-0.2, 0) is 0 Å². The normalized spacial score (nSPS) is 13.7. The van der Waals surface area contributed by atoms with Crippen LogP contribution in [0, 0.1) is 0 Å². The molecule has 0 aliphatic carbocycles. The lowest BCUT2D eigenvalue weighted by atomic mass is 10.1. The fraction of sp³-hybridized carbons (Fsp3) is 0.333. The summed E-state index contributed by atoms with van der Waals surface area (Å²) in [7, 11) is 1.38. The Morgan fingerprint density at radius 3 is 2.40 bits per heavy atom. The lowest BCUT2D eigenvalue weighted by Crippen LogP contribution is -2.28. The highest BCUT2D eigenvalue weighted by Gasteiger charge is 2.37. The number of rotatable bonds is 2. The summed E-state index contributed by atoms with van der Waals surface area (Å²) in [5.41, 5.74) is 4.92. The molecular formula is C9H9ClF3NO. The van der Waals surface area contributed by atoms with Gasteiger partial charge in [0.25, 0.3) is 0 Å². The van der Waals surface area contributed by atoms with Crippen LogP contribution in [0.2, 0.25) is 5.02 Å². The molecule has 0 saturated heterocycles. The molecule has 1 aromatic rings. The van der Waals surface area contributed by atoms with Crippen molar-refractivity contribution in [3.8, 4) is 5.75 Å². The minimum atomic E-state index is -4.47. The number of halogens is 4. The molecule has 0 heterocycles. The predicted octanol–water partition coefficient (Wildman–Crippen LogP) is 2.91. The highest BCUT2D eigenvalue weighted by Crippen LogP contribution is 2.34. The van der Waals surface area contributed by atoms with Crippen molar-refractivity contribution in [3.63, 3.8) is 0 Å². The van der Waals surface area contributed by atoms with Crippen molar-refractivity contribution in [1.29, 1.82) is 0 Å². The third kappa shape index (κ3) is 2.76. The minimum Gasteiger partial charge on any atom is -0.495 e. The molecule has 0 radical (unpaired) electrons. The van der Waals surface area contributed by atoms with Crippen LogP contribution in [-0.4, -0.2) is 13.3 Å². The first-order chi connectivity index (χ1) is 6.86. The first-order valence-corrected chi connectivity index (χ1v) is 4.39. The van der Waals surface area contributed by atoms with E-state index in [0.29, 0.717) is 5.75 Å². The van der Waals surface area contributed by atoms with E-state index in [1.165, 1.54) is 19.2 Å². The Labute approximate surface area is 89.8 Å². The number of hydrogen-bond acceptors (Lipinski definition) is 2. The molecule has 0 aliphatic heterocycles. The molecular weight excluding hydrogens is 231 g/mol. The van der Waals surface area contributed by atoms with Crippen molar-refractivity contribution in [2.45, 2.75) is 12.2 Å². The van der Waals surface area contributed by atoms with Crippen LogP contribution in [0.3, 0.4) is 0 Å². The van der Waals surface area contributed by atoms with Crippen LogP contribution in [0.5, 0.6) is 5.75 Å². The second-order valence-corrected chi connectivity index (χ2v) is 3.32. The first-order valence-electron chi connectivity index (χ1n) is 4.02. The number of benzene rings is 1. The highest BCUT2D eigenvalue weighted by atomic mass is 35.5. The van der Waals surface area contributed by atoms with Gasteiger partial charge in [-0.25, -0.2) is 0 Å². The summed E-state index contributed by atoms with van der Waals surface area (Å²) in [5.74, 6) is 0.315. The van der Waals surface area contributed by atoms with Gasteiger partial charge in [-0.3, -0.25) is 0 Å². The van der Waals surface area contributed by atoms with Crippen molar-refractivity contribution in [2.24, 2.45) is 5.73 Å². The maximum Gasteiger partial charge on any atom is 0.407 e. The predicted molar refractivity (Wildman–Crippen MR) is 51.0 cm³/mol. The van der Waals surface area contributed by atoms with Crippen LogP contribution >= 0.6 is 11.6 Å². The topological polar surface area (TPSA) is 35.2 Å². The van der Waals surface area contributed by atoms with Crippen molar-refractivity contribution in [2.75, 3.05) is 7.11 Å². The summed E-state index contributed by atoms with van der Waals surface area (Å²) in [6.07, 6.45) is -4.47. The molecule has 0 bridgehead atoms. The molecule has 0 spiro atoms. The maximum absolute atomic E-state index is 12.2.